The predicted molar refractivity (Wildman–Crippen MR) is 160 cm³/mol. The Morgan fingerprint density at radius 1 is 1.16 bits per heavy atom. The van der Waals surface area contributed by atoms with Gasteiger partial charge in [0, 0.05) is 47.4 Å². The van der Waals surface area contributed by atoms with E-state index in [1.54, 1.807) is 23.8 Å². The number of likely N-dealkylation sites (tertiary alicyclic amines) is 1. The molecule has 2 amide bonds. The van der Waals surface area contributed by atoms with Crippen molar-refractivity contribution in [3.63, 3.8) is 0 Å². The number of nitrogens with zero attached hydrogens (tertiary/aromatic N) is 4. The van der Waals surface area contributed by atoms with E-state index in [9.17, 15) is 31.9 Å². The molecule has 12 heteroatoms. The summed E-state index contributed by atoms with van der Waals surface area (Å²) in [6.45, 7) is 6.45. The van der Waals surface area contributed by atoms with Crippen molar-refractivity contribution in [3.8, 4) is 5.69 Å². The highest BCUT2D eigenvalue weighted by molar-refractivity contribution is 6.11. The number of carbonyl (C=O) groups is 3. The third-order valence-electron chi connectivity index (χ3n) is 9.72. The number of hydrogen-bond acceptors (Lipinski definition) is 5. The minimum Gasteiger partial charge on any atom is -0.339 e. The second kappa shape index (κ2) is 11.5. The van der Waals surface area contributed by atoms with E-state index in [-0.39, 0.29) is 40.9 Å². The number of alkyl halides is 3. The van der Waals surface area contributed by atoms with E-state index in [0.29, 0.717) is 58.3 Å². The van der Waals surface area contributed by atoms with Crippen LogP contribution in [0.15, 0.2) is 36.7 Å². The Bertz CT molecular complexity index is 1670. The van der Waals surface area contributed by atoms with Gasteiger partial charge in [-0.2, -0.15) is 13.2 Å². The monoisotopic (exact) mass is 627 g/mol. The second-order valence-corrected chi connectivity index (χ2v) is 13.0. The zero-order chi connectivity index (χ0) is 32.4. The fourth-order valence-electron chi connectivity index (χ4n) is 7.33. The van der Waals surface area contributed by atoms with Gasteiger partial charge in [0.25, 0.3) is 5.91 Å². The van der Waals surface area contributed by atoms with E-state index in [1.165, 1.54) is 26.1 Å². The molecule has 2 saturated heterocycles. The van der Waals surface area contributed by atoms with Crippen molar-refractivity contribution in [2.24, 2.45) is 17.8 Å². The summed E-state index contributed by atoms with van der Waals surface area (Å²) in [7, 11) is 0. The molecule has 4 heterocycles. The van der Waals surface area contributed by atoms with Gasteiger partial charge in [0.15, 0.2) is 5.78 Å². The van der Waals surface area contributed by atoms with Crippen molar-refractivity contribution in [3.05, 3.63) is 59.3 Å². The number of rotatable bonds is 7. The summed E-state index contributed by atoms with van der Waals surface area (Å²) in [5, 5.41) is 3.92. The van der Waals surface area contributed by atoms with Crippen LogP contribution in [-0.4, -0.2) is 80.9 Å². The minimum atomic E-state index is -4.65. The molecule has 3 aromatic rings. The maximum atomic E-state index is 14.6. The normalized spacial score (nSPS) is 24.6. The molecular weight excluding hydrogens is 590 g/mol. The topological polar surface area (TPSA) is 87.5 Å². The number of benzene rings is 1. The van der Waals surface area contributed by atoms with Crippen LogP contribution in [0.2, 0.25) is 0 Å². The molecule has 5 atom stereocenters. The molecule has 1 N–H and O–H groups in total. The van der Waals surface area contributed by atoms with Gasteiger partial charge in [0.05, 0.1) is 29.0 Å². The predicted octanol–water partition coefficient (Wildman–Crippen LogP) is 5.30. The van der Waals surface area contributed by atoms with Crippen LogP contribution < -0.4 is 5.32 Å². The van der Waals surface area contributed by atoms with Crippen molar-refractivity contribution in [2.45, 2.75) is 71.3 Å². The summed E-state index contributed by atoms with van der Waals surface area (Å²) in [4.78, 5) is 47.9. The van der Waals surface area contributed by atoms with Gasteiger partial charge in [-0.25, -0.2) is 4.39 Å². The molecule has 8 nitrogen and oxygen atoms in total. The molecular formula is C33H37F4N5O3. The first-order chi connectivity index (χ1) is 21.3. The molecule has 3 aliphatic rings. The van der Waals surface area contributed by atoms with Gasteiger partial charge in [0.2, 0.25) is 5.91 Å². The van der Waals surface area contributed by atoms with Crippen LogP contribution in [0, 0.1) is 30.5 Å². The van der Waals surface area contributed by atoms with Crippen LogP contribution in [0.1, 0.15) is 66.4 Å². The summed E-state index contributed by atoms with van der Waals surface area (Å²) in [5.74, 6) is -1.12. The third-order valence-corrected chi connectivity index (χ3v) is 9.72. The van der Waals surface area contributed by atoms with Crippen LogP contribution in [0.5, 0.6) is 0 Å². The van der Waals surface area contributed by atoms with E-state index in [0.717, 1.165) is 25.1 Å². The van der Waals surface area contributed by atoms with Gasteiger partial charge in [-0.15, -0.1) is 0 Å². The quantitative estimate of drug-likeness (QED) is 0.284. The van der Waals surface area contributed by atoms with Crippen molar-refractivity contribution in [2.75, 3.05) is 19.6 Å². The summed E-state index contributed by atoms with van der Waals surface area (Å²) in [6, 6.07) is 4.02. The fourth-order valence-corrected chi connectivity index (χ4v) is 7.33. The van der Waals surface area contributed by atoms with Crippen molar-refractivity contribution < 1.29 is 31.9 Å². The van der Waals surface area contributed by atoms with E-state index >= 15 is 0 Å². The number of Topliss-reactive ketones (excluding diaryl/α,β-unsaturated/α-hetero) is 1. The molecule has 0 unspecified atom stereocenters. The number of ketones is 1. The molecule has 45 heavy (non-hydrogen) atoms. The summed E-state index contributed by atoms with van der Waals surface area (Å²) in [5.41, 5.74) is 1.26. The van der Waals surface area contributed by atoms with Crippen molar-refractivity contribution >= 4 is 28.5 Å². The maximum Gasteiger partial charge on any atom is 0.406 e. The van der Waals surface area contributed by atoms with Crippen LogP contribution in [0.25, 0.3) is 16.6 Å². The van der Waals surface area contributed by atoms with E-state index in [4.69, 9.17) is 0 Å². The molecule has 3 fully saturated rings. The van der Waals surface area contributed by atoms with Crippen LogP contribution in [0.3, 0.4) is 0 Å². The van der Waals surface area contributed by atoms with E-state index < -0.39 is 30.5 Å². The highest BCUT2D eigenvalue weighted by Gasteiger charge is 2.52. The molecule has 2 aromatic heterocycles. The number of fused-ring (bicyclic) bond motifs is 2. The van der Waals surface area contributed by atoms with Gasteiger partial charge in [-0.3, -0.25) is 19.4 Å². The Hall–Kier alpha value is -3.80. The summed E-state index contributed by atoms with van der Waals surface area (Å²) < 4.78 is 56.5. The van der Waals surface area contributed by atoms with Gasteiger partial charge >= 0.3 is 6.18 Å². The standard InChI is InChI=1S/C33H37F4N5O3/c1-17(2)41(16-33(35,36)37)31(44)25-13-22(34)5-6-26(25)42-19(4)28(23-7-9-38-15-27(23)42)30(43)20-8-10-40(18(3)11-20)32(45)29-24-12-21(24)14-39-29/h5-7,9,13,15,17-18,20-21,24,29,39H,8,10-12,14,16H2,1-4H3/t18-,20+,21-,24-,29+/m0/s1. The van der Waals surface area contributed by atoms with E-state index in [2.05, 4.69) is 10.3 Å². The highest BCUT2D eigenvalue weighted by atomic mass is 19.4. The molecule has 0 bridgehead atoms. The number of hydrogen-bond donors (Lipinski definition) is 1. The zero-order valence-corrected chi connectivity index (χ0v) is 25.7. The third kappa shape index (κ3) is 5.73. The number of nitrogens with one attached hydrogen (secondary N) is 1. The fraction of sp³-hybridized carbons (Fsp3) is 0.515. The Balaban J connectivity index is 1.34. The van der Waals surface area contributed by atoms with Gasteiger partial charge < -0.3 is 19.7 Å². The van der Waals surface area contributed by atoms with Crippen molar-refractivity contribution in [1.29, 1.82) is 0 Å². The number of aromatic nitrogens is 2. The molecule has 2 aliphatic heterocycles. The van der Waals surface area contributed by atoms with Crippen molar-refractivity contribution in [1.82, 2.24) is 24.7 Å². The minimum absolute atomic E-state index is 0.103. The lowest BCUT2D eigenvalue weighted by Crippen LogP contribution is -2.52. The number of halogens is 4. The Kier molecular flexibility index (Phi) is 7.99. The highest BCUT2D eigenvalue weighted by Crippen LogP contribution is 2.46. The molecule has 1 aliphatic carbocycles. The molecule has 240 valence electrons. The average molecular weight is 628 g/mol. The van der Waals surface area contributed by atoms with Crippen LogP contribution in [-0.2, 0) is 4.79 Å². The summed E-state index contributed by atoms with van der Waals surface area (Å²) >= 11 is 0. The first-order valence-corrected chi connectivity index (χ1v) is 15.5. The number of piperidine rings is 2. The zero-order valence-electron chi connectivity index (χ0n) is 25.7. The maximum absolute atomic E-state index is 14.6. The molecule has 0 spiro atoms. The number of pyridine rings is 1. The Morgan fingerprint density at radius 2 is 1.91 bits per heavy atom. The van der Waals surface area contributed by atoms with E-state index in [1.807, 2.05) is 11.8 Å². The van der Waals surface area contributed by atoms with Crippen LogP contribution >= 0.6 is 0 Å². The smallest absolute Gasteiger partial charge is 0.339 e. The molecule has 0 radical (unpaired) electrons. The Labute approximate surface area is 258 Å². The van der Waals surface area contributed by atoms with Gasteiger partial charge in [-0.1, -0.05) is 0 Å². The lowest BCUT2D eigenvalue weighted by atomic mass is 9.84. The Morgan fingerprint density at radius 3 is 2.53 bits per heavy atom. The molecule has 1 saturated carbocycles. The molecule has 1 aromatic carbocycles. The largest absolute Gasteiger partial charge is 0.406 e. The number of carbonyl (C=O) groups excluding carboxylic acids is 3. The average Bonchev–Trinajstić information content (AvgIpc) is 3.54. The molecule has 6 rings (SSSR count). The van der Waals surface area contributed by atoms with Crippen LogP contribution in [0.4, 0.5) is 17.6 Å². The van der Waals surface area contributed by atoms with Gasteiger partial charge in [0.1, 0.15) is 12.4 Å². The SMILES string of the molecule is Cc1c(C(=O)[C@@H]2CCN(C(=O)[C@@H]3NC[C@@H]4C[C@@H]43)[C@@H](C)C2)c2ccncc2n1-c1ccc(F)cc1C(=O)N(CC(F)(F)F)C(C)C. The summed E-state index contributed by atoms with van der Waals surface area (Å²) in [6.07, 6.45) is 0.490. The lowest BCUT2D eigenvalue weighted by molar-refractivity contribution is -0.143. The first kappa shape index (κ1) is 31.2. The first-order valence-electron chi connectivity index (χ1n) is 15.5. The second-order valence-electron chi connectivity index (χ2n) is 13.0. The number of amides is 2. The lowest BCUT2D eigenvalue weighted by Gasteiger charge is -2.38. The van der Waals surface area contributed by atoms with Gasteiger partial charge in [-0.05, 0) is 89.6 Å².